The minimum Gasteiger partial charge on any atom is -0.267 e. The summed E-state index contributed by atoms with van der Waals surface area (Å²) < 4.78 is 27.3. The van der Waals surface area contributed by atoms with Crippen LogP contribution in [0.3, 0.4) is 0 Å². The standard InChI is InChI=1S/C9H12O3S.C4H5NS/c1-3-12-13(10,11)9-6-4-8(2)5-7-9;1-4-5-2-3-6-4/h4-7H,3H2,1-2H3;2-3H,1H3. The van der Waals surface area contributed by atoms with Gasteiger partial charge in [0.25, 0.3) is 10.1 Å². The van der Waals surface area contributed by atoms with E-state index in [9.17, 15) is 8.42 Å². The molecule has 0 aliphatic rings. The molecule has 19 heavy (non-hydrogen) atoms. The molecule has 0 atom stereocenters. The van der Waals surface area contributed by atoms with Gasteiger partial charge in [0.05, 0.1) is 16.5 Å². The van der Waals surface area contributed by atoms with Crippen LogP contribution in [0.4, 0.5) is 0 Å². The fourth-order valence-electron chi connectivity index (χ4n) is 1.22. The predicted molar refractivity (Wildman–Crippen MR) is 76.8 cm³/mol. The van der Waals surface area contributed by atoms with E-state index in [1.165, 1.54) is 0 Å². The zero-order valence-electron chi connectivity index (χ0n) is 11.2. The van der Waals surface area contributed by atoms with E-state index in [1.54, 1.807) is 48.7 Å². The molecule has 0 spiro atoms. The average molecular weight is 299 g/mol. The van der Waals surface area contributed by atoms with Crippen LogP contribution in [0.15, 0.2) is 40.7 Å². The Morgan fingerprint density at radius 1 is 1.21 bits per heavy atom. The van der Waals surface area contributed by atoms with Crippen LogP contribution in [0.5, 0.6) is 0 Å². The van der Waals surface area contributed by atoms with Crippen molar-refractivity contribution < 1.29 is 12.6 Å². The van der Waals surface area contributed by atoms with E-state index in [1.807, 2.05) is 19.2 Å². The molecule has 2 aromatic rings. The normalized spacial score (nSPS) is 10.7. The first kappa shape index (κ1) is 15.8. The number of benzene rings is 1. The van der Waals surface area contributed by atoms with Gasteiger partial charge in [0.15, 0.2) is 0 Å². The minimum absolute atomic E-state index is 0.163. The van der Waals surface area contributed by atoms with E-state index >= 15 is 0 Å². The minimum atomic E-state index is -3.53. The second kappa shape index (κ2) is 7.37. The summed E-state index contributed by atoms with van der Waals surface area (Å²) in [4.78, 5) is 4.14. The lowest BCUT2D eigenvalue weighted by atomic mass is 10.2. The largest absolute Gasteiger partial charge is 0.296 e. The van der Waals surface area contributed by atoms with Crippen molar-refractivity contribution in [2.75, 3.05) is 6.61 Å². The quantitative estimate of drug-likeness (QED) is 0.817. The molecule has 4 nitrogen and oxygen atoms in total. The lowest BCUT2D eigenvalue weighted by molar-refractivity contribution is 0.338. The Bertz CT molecular complexity index is 575. The van der Waals surface area contributed by atoms with Gasteiger partial charge in [-0.2, -0.15) is 8.42 Å². The third-order valence-corrected chi connectivity index (χ3v) is 4.24. The Morgan fingerprint density at radius 3 is 2.21 bits per heavy atom. The van der Waals surface area contributed by atoms with Gasteiger partial charge in [0.2, 0.25) is 0 Å². The summed E-state index contributed by atoms with van der Waals surface area (Å²) in [5.41, 5.74) is 1.02. The number of thiazole rings is 1. The van der Waals surface area contributed by atoms with Crippen molar-refractivity contribution in [3.63, 3.8) is 0 Å². The molecular formula is C13H17NO3S2. The molecule has 0 saturated carbocycles. The van der Waals surface area contributed by atoms with E-state index in [0.29, 0.717) is 0 Å². The molecule has 0 N–H and O–H groups in total. The highest BCUT2D eigenvalue weighted by Gasteiger charge is 2.12. The molecule has 0 unspecified atom stereocenters. The summed E-state index contributed by atoms with van der Waals surface area (Å²) in [7, 11) is -3.53. The van der Waals surface area contributed by atoms with Gasteiger partial charge in [-0.3, -0.25) is 9.17 Å². The number of hydrogen-bond donors (Lipinski definition) is 0. The van der Waals surface area contributed by atoms with Gasteiger partial charge in [-0.05, 0) is 32.9 Å². The Balaban J connectivity index is 0.000000250. The Hall–Kier alpha value is -1.24. The topological polar surface area (TPSA) is 56.3 Å². The van der Waals surface area contributed by atoms with Crippen LogP contribution in [-0.4, -0.2) is 20.0 Å². The molecular weight excluding hydrogens is 282 g/mol. The van der Waals surface area contributed by atoms with Crippen molar-refractivity contribution in [1.82, 2.24) is 4.98 Å². The van der Waals surface area contributed by atoms with Crippen LogP contribution in [-0.2, 0) is 14.3 Å². The van der Waals surface area contributed by atoms with E-state index in [4.69, 9.17) is 0 Å². The molecule has 0 radical (unpaired) electrons. The molecule has 0 aliphatic heterocycles. The summed E-state index contributed by atoms with van der Waals surface area (Å²) in [5.74, 6) is 0. The van der Waals surface area contributed by atoms with Gasteiger partial charge in [0, 0.05) is 11.6 Å². The summed E-state index contributed by atoms with van der Waals surface area (Å²) >= 11 is 1.67. The van der Waals surface area contributed by atoms with Gasteiger partial charge in [-0.15, -0.1) is 11.3 Å². The number of nitrogens with zero attached hydrogens (tertiary/aromatic N) is 1. The molecule has 0 bridgehead atoms. The second-order valence-corrected chi connectivity index (χ2v) is 6.44. The highest BCUT2D eigenvalue weighted by atomic mass is 32.2. The fourth-order valence-corrected chi connectivity index (χ4v) is 2.58. The zero-order valence-corrected chi connectivity index (χ0v) is 12.8. The Labute approximate surface area is 118 Å². The van der Waals surface area contributed by atoms with Crippen LogP contribution < -0.4 is 0 Å². The van der Waals surface area contributed by atoms with Crippen LogP contribution in [0, 0.1) is 13.8 Å². The van der Waals surface area contributed by atoms with Crippen LogP contribution in [0.2, 0.25) is 0 Å². The fraction of sp³-hybridized carbons (Fsp3) is 0.308. The lowest BCUT2D eigenvalue weighted by Crippen LogP contribution is -2.05. The van der Waals surface area contributed by atoms with Crippen LogP contribution >= 0.6 is 11.3 Å². The monoisotopic (exact) mass is 299 g/mol. The van der Waals surface area contributed by atoms with E-state index in [2.05, 4.69) is 9.17 Å². The van der Waals surface area contributed by atoms with Crippen LogP contribution in [0.1, 0.15) is 17.5 Å². The van der Waals surface area contributed by atoms with Crippen molar-refractivity contribution in [3.8, 4) is 0 Å². The van der Waals surface area contributed by atoms with Crippen molar-refractivity contribution in [2.45, 2.75) is 25.7 Å². The molecule has 1 heterocycles. The molecule has 0 aliphatic carbocycles. The van der Waals surface area contributed by atoms with E-state index in [-0.39, 0.29) is 11.5 Å². The predicted octanol–water partition coefficient (Wildman–Crippen LogP) is 3.17. The van der Waals surface area contributed by atoms with Gasteiger partial charge < -0.3 is 0 Å². The Kier molecular flexibility index (Phi) is 6.14. The smallest absolute Gasteiger partial charge is 0.267 e. The maximum Gasteiger partial charge on any atom is 0.296 e. The van der Waals surface area contributed by atoms with Crippen LogP contribution in [0.25, 0.3) is 0 Å². The van der Waals surface area contributed by atoms with Crippen molar-refractivity contribution in [2.24, 2.45) is 0 Å². The van der Waals surface area contributed by atoms with Crippen molar-refractivity contribution in [1.29, 1.82) is 0 Å². The van der Waals surface area contributed by atoms with Gasteiger partial charge in [-0.1, -0.05) is 17.7 Å². The molecule has 104 valence electrons. The summed E-state index contributed by atoms with van der Waals surface area (Å²) in [5, 5.41) is 3.10. The SMILES string of the molecule is CCOS(=O)(=O)c1ccc(C)cc1.Cc1nccs1. The molecule has 0 amide bonds. The van der Waals surface area contributed by atoms with Crippen molar-refractivity contribution in [3.05, 3.63) is 46.4 Å². The lowest BCUT2D eigenvalue weighted by Gasteiger charge is -2.02. The molecule has 2 rings (SSSR count). The molecule has 1 aromatic carbocycles. The first-order valence-electron chi connectivity index (χ1n) is 5.78. The number of aromatic nitrogens is 1. The first-order valence-corrected chi connectivity index (χ1v) is 8.06. The number of aryl methyl sites for hydroxylation is 2. The maximum absolute atomic E-state index is 11.3. The second-order valence-electron chi connectivity index (χ2n) is 3.72. The molecule has 0 saturated heterocycles. The summed E-state index contributed by atoms with van der Waals surface area (Å²) in [6.07, 6.45) is 1.81. The zero-order chi connectivity index (χ0) is 14.3. The van der Waals surface area contributed by atoms with E-state index in [0.717, 1.165) is 10.6 Å². The number of rotatable bonds is 3. The third kappa shape index (κ3) is 5.50. The average Bonchev–Trinajstić information content (AvgIpc) is 2.81. The van der Waals surface area contributed by atoms with E-state index < -0.39 is 10.1 Å². The Morgan fingerprint density at radius 2 is 1.84 bits per heavy atom. The highest BCUT2D eigenvalue weighted by molar-refractivity contribution is 7.86. The highest BCUT2D eigenvalue weighted by Crippen LogP contribution is 2.12. The molecule has 1 aromatic heterocycles. The van der Waals surface area contributed by atoms with Gasteiger partial charge >= 0.3 is 0 Å². The summed E-state index contributed by atoms with van der Waals surface area (Å²) in [6.45, 7) is 5.70. The number of hydrogen-bond acceptors (Lipinski definition) is 5. The summed E-state index contributed by atoms with van der Waals surface area (Å²) in [6, 6.07) is 6.57. The first-order chi connectivity index (χ1) is 8.95. The molecule has 6 heteroatoms. The van der Waals surface area contributed by atoms with Gasteiger partial charge in [-0.25, -0.2) is 0 Å². The maximum atomic E-state index is 11.3. The van der Waals surface area contributed by atoms with Gasteiger partial charge in [0.1, 0.15) is 0 Å². The third-order valence-electron chi connectivity index (χ3n) is 2.14. The van der Waals surface area contributed by atoms with Crippen molar-refractivity contribution >= 4 is 21.5 Å². The molecule has 0 fully saturated rings.